The highest BCUT2D eigenvalue weighted by Crippen LogP contribution is 2.37. The van der Waals surface area contributed by atoms with E-state index in [1.807, 2.05) is 6.92 Å². The number of aryl methyl sites for hydroxylation is 1. The molecule has 0 amide bonds. The third-order valence-corrected chi connectivity index (χ3v) is 4.20. The van der Waals surface area contributed by atoms with Crippen molar-refractivity contribution in [2.24, 2.45) is 0 Å². The Labute approximate surface area is 117 Å². The van der Waals surface area contributed by atoms with Crippen molar-refractivity contribution in [3.8, 4) is 0 Å². The number of thiazole rings is 1. The van der Waals surface area contributed by atoms with Crippen molar-refractivity contribution in [3.05, 3.63) is 10.6 Å². The molecule has 1 unspecified atom stereocenters. The smallest absolute Gasteiger partial charge is 0.315 e. The first-order valence-corrected chi connectivity index (χ1v) is 7.47. The molecule has 0 aliphatic heterocycles. The number of ether oxygens (including phenoxy) is 2. The first kappa shape index (κ1) is 14.3. The summed E-state index contributed by atoms with van der Waals surface area (Å²) in [4.78, 5) is 17.7. The molecule has 0 spiro atoms. The van der Waals surface area contributed by atoms with Gasteiger partial charge in [-0.3, -0.25) is 4.79 Å². The molecule has 1 atom stereocenters. The van der Waals surface area contributed by atoms with Crippen molar-refractivity contribution in [1.29, 1.82) is 0 Å². The van der Waals surface area contributed by atoms with Crippen LogP contribution in [-0.4, -0.2) is 37.8 Å². The Morgan fingerprint density at radius 2 is 2.42 bits per heavy atom. The van der Waals surface area contributed by atoms with Crippen LogP contribution in [0.1, 0.15) is 36.3 Å². The lowest BCUT2D eigenvalue weighted by molar-refractivity contribution is -0.145. The summed E-state index contributed by atoms with van der Waals surface area (Å²) >= 11 is 1.64. The van der Waals surface area contributed by atoms with Gasteiger partial charge in [0.25, 0.3) is 0 Å². The second kappa shape index (κ2) is 6.86. The van der Waals surface area contributed by atoms with Crippen LogP contribution >= 0.6 is 11.3 Å². The van der Waals surface area contributed by atoms with E-state index in [-0.39, 0.29) is 11.9 Å². The van der Waals surface area contributed by atoms with Crippen molar-refractivity contribution in [3.63, 3.8) is 0 Å². The fourth-order valence-electron chi connectivity index (χ4n) is 2.23. The lowest BCUT2D eigenvalue weighted by atomic mass is 9.91. The molecular weight excluding hydrogens is 264 g/mol. The van der Waals surface area contributed by atoms with Crippen LogP contribution in [0.2, 0.25) is 0 Å². The number of carbonyl (C=O) groups excluding carboxylic acids is 1. The van der Waals surface area contributed by atoms with E-state index in [1.54, 1.807) is 18.4 Å². The Morgan fingerprint density at radius 3 is 3.16 bits per heavy atom. The van der Waals surface area contributed by atoms with Gasteiger partial charge in [-0.1, -0.05) is 0 Å². The maximum absolute atomic E-state index is 11.9. The first-order valence-electron chi connectivity index (χ1n) is 6.65. The van der Waals surface area contributed by atoms with Gasteiger partial charge in [-0.25, -0.2) is 4.98 Å². The molecule has 0 fully saturated rings. The monoisotopic (exact) mass is 284 g/mol. The van der Waals surface area contributed by atoms with Crippen LogP contribution in [0.5, 0.6) is 0 Å². The average molecular weight is 284 g/mol. The SMILES string of the molecule is CCOC(=O)C1CCCc2sc(NCCOC)nc21. The van der Waals surface area contributed by atoms with Gasteiger partial charge in [-0.2, -0.15) is 0 Å². The summed E-state index contributed by atoms with van der Waals surface area (Å²) in [6, 6.07) is 0. The minimum Gasteiger partial charge on any atom is -0.465 e. The fraction of sp³-hybridized carbons (Fsp3) is 0.692. The molecule has 0 bridgehead atoms. The molecule has 0 radical (unpaired) electrons. The van der Waals surface area contributed by atoms with Crippen molar-refractivity contribution in [1.82, 2.24) is 4.98 Å². The maximum Gasteiger partial charge on any atom is 0.315 e. The van der Waals surface area contributed by atoms with E-state index in [0.29, 0.717) is 13.2 Å². The number of nitrogens with zero attached hydrogens (tertiary/aromatic N) is 1. The van der Waals surface area contributed by atoms with Crippen LogP contribution in [0, 0.1) is 0 Å². The molecule has 0 aromatic carbocycles. The van der Waals surface area contributed by atoms with Crippen LogP contribution in [0.3, 0.4) is 0 Å². The van der Waals surface area contributed by atoms with Gasteiger partial charge >= 0.3 is 5.97 Å². The number of anilines is 1. The quantitative estimate of drug-likeness (QED) is 0.641. The molecule has 1 N–H and O–H groups in total. The van der Waals surface area contributed by atoms with E-state index < -0.39 is 0 Å². The standard InChI is InChI=1S/C13H20N2O3S/c1-3-18-12(16)9-5-4-6-10-11(9)15-13(19-10)14-7-8-17-2/h9H,3-8H2,1-2H3,(H,14,15). The molecule has 6 heteroatoms. The molecule has 1 aromatic heterocycles. The Kier molecular flexibility index (Phi) is 5.15. The van der Waals surface area contributed by atoms with E-state index in [0.717, 1.165) is 36.6 Å². The third kappa shape index (κ3) is 3.45. The molecule has 1 aromatic rings. The highest BCUT2D eigenvalue weighted by molar-refractivity contribution is 7.15. The van der Waals surface area contributed by atoms with E-state index in [2.05, 4.69) is 10.3 Å². The number of hydrogen-bond donors (Lipinski definition) is 1. The average Bonchev–Trinajstić information content (AvgIpc) is 2.81. The second-order valence-electron chi connectivity index (χ2n) is 4.44. The van der Waals surface area contributed by atoms with Gasteiger partial charge in [0.1, 0.15) is 5.92 Å². The van der Waals surface area contributed by atoms with E-state index >= 15 is 0 Å². The maximum atomic E-state index is 11.9. The van der Waals surface area contributed by atoms with Gasteiger partial charge in [0.05, 0.1) is 18.9 Å². The van der Waals surface area contributed by atoms with Crippen molar-refractivity contribution in [2.45, 2.75) is 32.1 Å². The van der Waals surface area contributed by atoms with Crippen LogP contribution in [0.25, 0.3) is 0 Å². The number of rotatable bonds is 6. The van der Waals surface area contributed by atoms with Gasteiger partial charge in [0.15, 0.2) is 5.13 Å². The summed E-state index contributed by atoms with van der Waals surface area (Å²) < 4.78 is 10.1. The molecule has 1 aliphatic carbocycles. The van der Waals surface area contributed by atoms with Crippen molar-refractivity contribution >= 4 is 22.4 Å². The van der Waals surface area contributed by atoms with Crippen LogP contribution < -0.4 is 5.32 Å². The highest BCUT2D eigenvalue weighted by atomic mass is 32.1. The minimum absolute atomic E-state index is 0.141. The predicted octanol–water partition coefficient (Wildman–Crippen LogP) is 2.18. The lowest BCUT2D eigenvalue weighted by Crippen LogP contribution is -2.20. The number of hydrogen-bond acceptors (Lipinski definition) is 6. The van der Waals surface area contributed by atoms with Gasteiger partial charge in [-0.15, -0.1) is 11.3 Å². The molecule has 0 saturated heterocycles. The second-order valence-corrected chi connectivity index (χ2v) is 5.53. The van der Waals surface area contributed by atoms with Crippen LogP contribution in [0.4, 0.5) is 5.13 Å². The summed E-state index contributed by atoms with van der Waals surface area (Å²) in [6.07, 6.45) is 2.87. The third-order valence-electron chi connectivity index (χ3n) is 3.11. The summed E-state index contributed by atoms with van der Waals surface area (Å²) in [7, 11) is 1.67. The molecular formula is C13H20N2O3S. The molecule has 0 saturated carbocycles. The van der Waals surface area contributed by atoms with Crippen LogP contribution in [0.15, 0.2) is 0 Å². The number of fused-ring (bicyclic) bond motifs is 1. The zero-order chi connectivity index (χ0) is 13.7. The first-order chi connectivity index (χ1) is 9.26. The van der Waals surface area contributed by atoms with Crippen molar-refractivity contribution < 1.29 is 14.3 Å². The normalized spacial score (nSPS) is 17.9. The number of esters is 1. The van der Waals surface area contributed by atoms with E-state index in [9.17, 15) is 4.79 Å². The molecule has 106 valence electrons. The van der Waals surface area contributed by atoms with Gasteiger partial charge < -0.3 is 14.8 Å². The van der Waals surface area contributed by atoms with Gasteiger partial charge in [0.2, 0.25) is 0 Å². The largest absolute Gasteiger partial charge is 0.465 e. The highest BCUT2D eigenvalue weighted by Gasteiger charge is 2.31. The molecule has 5 nitrogen and oxygen atoms in total. The number of carbonyl (C=O) groups is 1. The molecule has 1 heterocycles. The Hall–Kier alpha value is -1.14. The molecule has 1 aliphatic rings. The molecule has 2 rings (SSSR count). The zero-order valence-electron chi connectivity index (χ0n) is 11.4. The zero-order valence-corrected chi connectivity index (χ0v) is 12.2. The summed E-state index contributed by atoms with van der Waals surface area (Å²) in [5, 5.41) is 4.10. The summed E-state index contributed by atoms with van der Waals surface area (Å²) in [5.41, 5.74) is 0.912. The Bertz CT molecular complexity index is 434. The van der Waals surface area contributed by atoms with Gasteiger partial charge in [0, 0.05) is 18.5 Å². The van der Waals surface area contributed by atoms with E-state index in [1.165, 1.54) is 4.88 Å². The van der Waals surface area contributed by atoms with Crippen LogP contribution in [-0.2, 0) is 20.7 Å². The summed E-state index contributed by atoms with van der Waals surface area (Å²) in [6.45, 7) is 3.63. The van der Waals surface area contributed by atoms with Crippen molar-refractivity contribution in [2.75, 3.05) is 32.2 Å². The Balaban J connectivity index is 2.08. The Morgan fingerprint density at radius 1 is 1.58 bits per heavy atom. The fourth-order valence-corrected chi connectivity index (χ4v) is 3.32. The predicted molar refractivity (Wildman–Crippen MR) is 74.8 cm³/mol. The lowest BCUT2D eigenvalue weighted by Gasteiger charge is -2.19. The number of nitrogens with one attached hydrogen (secondary N) is 1. The van der Waals surface area contributed by atoms with E-state index in [4.69, 9.17) is 9.47 Å². The summed E-state index contributed by atoms with van der Waals surface area (Å²) in [5.74, 6) is -0.324. The minimum atomic E-state index is -0.182. The molecule has 19 heavy (non-hydrogen) atoms. The topological polar surface area (TPSA) is 60.5 Å². The number of methoxy groups -OCH3 is 1. The van der Waals surface area contributed by atoms with Gasteiger partial charge in [-0.05, 0) is 26.2 Å². The number of aromatic nitrogens is 1.